The van der Waals surface area contributed by atoms with Crippen LogP contribution in [0.5, 0.6) is 5.75 Å². The number of Topliss-reactive ketones (excluding diaryl/α,β-unsaturated/α-hetero) is 1. The average molecular weight is 564 g/mol. The first-order chi connectivity index (χ1) is 18.8. The number of carbonyl (C=O) groups excluding carboxylic acids is 3. The summed E-state index contributed by atoms with van der Waals surface area (Å²) < 4.78 is 9.83. The molecule has 3 aromatic carbocycles. The Morgan fingerprint density at radius 1 is 1.00 bits per heavy atom. The molecular formula is C31H30ClNO5S. The molecule has 2 aliphatic rings. The lowest BCUT2D eigenvalue weighted by Gasteiger charge is -2.13. The van der Waals surface area contributed by atoms with Crippen LogP contribution >= 0.6 is 23.4 Å². The van der Waals surface area contributed by atoms with E-state index in [1.807, 2.05) is 42.5 Å². The van der Waals surface area contributed by atoms with Crippen molar-refractivity contribution in [2.24, 2.45) is 0 Å². The van der Waals surface area contributed by atoms with E-state index in [1.165, 1.54) is 37.1 Å². The van der Waals surface area contributed by atoms with Gasteiger partial charge in [0, 0.05) is 46.2 Å². The highest BCUT2D eigenvalue weighted by Crippen LogP contribution is 2.33. The maximum atomic E-state index is 11.4. The molecule has 0 atom stereocenters. The number of ketones is 1. The number of esters is 2. The standard InChI is InChI=1S/C12H14O2.C10H9NO2.C9H7ClOS/c1-8-6-7-12(14-9(2)13)11-5-3-4-10(8)11;1-13-10(12)8-4-2-3-7-5-6-11-9(7)8;10-6-1-2-9-7(5-6)8(11)3-4-12-9/h6-7H,3-5H2,1-2H3;2-6,11H,1H3;1-2,5H,3-4H2. The number of thioether (sulfide) groups is 1. The van der Waals surface area contributed by atoms with E-state index in [1.54, 1.807) is 30.1 Å². The van der Waals surface area contributed by atoms with E-state index in [2.05, 4.69) is 16.6 Å². The van der Waals surface area contributed by atoms with Crippen LogP contribution < -0.4 is 4.74 Å². The van der Waals surface area contributed by atoms with E-state index in [0.717, 1.165) is 45.7 Å². The fourth-order valence-corrected chi connectivity index (χ4v) is 5.87. The zero-order valence-corrected chi connectivity index (χ0v) is 23.7. The molecule has 6 rings (SSSR count). The van der Waals surface area contributed by atoms with Gasteiger partial charge in [0.05, 0.1) is 18.2 Å². The van der Waals surface area contributed by atoms with Crippen molar-refractivity contribution in [2.45, 2.75) is 44.4 Å². The van der Waals surface area contributed by atoms with Gasteiger partial charge in [0.25, 0.3) is 0 Å². The number of benzene rings is 3. The quantitative estimate of drug-likeness (QED) is 0.202. The summed E-state index contributed by atoms with van der Waals surface area (Å²) in [6.07, 6.45) is 5.78. The molecule has 39 heavy (non-hydrogen) atoms. The molecule has 6 nitrogen and oxygen atoms in total. The van der Waals surface area contributed by atoms with Gasteiger partial charge in [0.2, 0.25) is 0 Å². The summed E-state index contributed by atoms with van der Waals surface area (Å²) in [7, 11) is 1.38. The van der Waals surface area contributed by atoms with Crippen LogP contribution in [0.1, 0.15) is 57.2 Å². The van der Waals surface area contributed by atoms with E-state index in [4.69, 9.17) is 16.3 Å². The predicted molar refractivity (Wildman–Crippen MR) is 155 cm³/mol. The van der Waals surface area contributed by atoms with Crippen LogP contribution in [0, 0.1) is 6.92 Å². The summed E-state index contributed by atoms with van der Waals surface area (Å²) in [5.41, 5.74) is 6.12. The molecule has 0 amide bonds. The Morgan fingerprint density at radius 3 is 2.56 bits per heavy atom. The maximum Gasteiger partial charge on any atom is 0.339 e. The molecule has 0 unspecified atom stereocenters. The minimum atomic E-state index is -0.312. The van der Waals surface area contributed by atoms with Crippen molar-refractivity contribution in [3.63, 3.8) is 0 Å². The molecule has 2 heterocycles. The van der Waals surface area contributed by atoms with Crippen molar-refractivity contribution < 1.29 is 23.9 Å². The third-order valence-corrected chi connectivity index (χ3v) is 7.86. The van der Waals surface area contributed by atoms with Gasteiger partial charge in [-0.05, 0) is 79.3 Å². The smallest absolute Gasteiger partial charge is 0.339 e. The molecule has 1 N–H and O–H groups in total. The normalized spacial score (nSPS) is 13.3. The van der Waals surface area contributed by atoms with Crippen LogP contribution in [0.15, 0.2) is 65.7 Å². The Hall–Kier alpha value is -3.55. The minimum Gasteiger partial charge on any atom is -0.465 e. The molecule has 0 saturated heterocycles. The molecule has 0 saturated carbocycles. The van der Waals surface area contributed by atoms with Crippen LogP contribution in [0.2, 0.25) is 5.02 Å². The average Bonchev–Trinajstić information content (AvgIpc) is 3.62. The summed E-state index contributed by atoms with van der Waals surface area (Å²) in [5.74, 6) is 1.32. The zero-order chi connectivity index (χ0) is 27.9. The van der Waals surface area contributed by atoms with Gasteiger partial charge in [0.1, 0.15) is 5.75 Å². The molecular weight excluding hydrogens is 534 g/mol. The second-order valence-electron chi connectivity index (χ2n) is 9.19. The predicted octanol–water partition coefficient (Wildman–Crippen LogP) is 7.38. The maximum absolute atomic E-state index is 11.4. The lowest BCUT2D eigenvalue weighted by atomic mass is 10.0. The number of fused-ring (bicyclic) bond motifs is 3. The molecule has 0 radical (unpaired) electrons. The third-order valence-electron chi connectivity index (χ3n) is 6.55. The SMILES string of the molecule is CC(=O)Oc1ccc(C)c2c1CCC2.COC(=O)c1cccc2cc[nH]c12.O=C1CCSc2ccc(Cl)cc21. The number of halogens is 1. The largest absolute Gasteiger partial charge is 0.465 e. The van der Waals surface area contributed by atoms with Gasteiger partial charge in [-0.25, -0.2) is 4.79 Å². The minimum absolute atomic E-state index is 0.214. The van der Waals surface area contributed by atoms with Crippen molar-refractivity contribution in [3.05, 3.63) is 93.6 Å². The molecule has 8 heteroatoms. The van der Waals surface area contributed by atoms with Gasteiger partial charge in [-0.1, -0.05) is 29.8 Å². The number of H-pyrrole nitrogens is 1. The summed E-state index contributed by atoms with van der Waals surface area (Å²) in [6.45, 7) is 3.56. The summed E-state index contributed by atoms with van der Waals surface area (Å²) in [5, 5.41) is 1.66. The molecule has 1 aliphatic heterocycles. The number of para-hydroxylation sites is 1. The monoisotopic (exact) mass is 563 g/mol. The van der Waals surface area contributed by atoms with E-state index < -0.39 is 0 Å². The Labute approximate surface area is 237 Å². The van der Waals surface area contributed by atoms with Crippen LogP contribution in [0.25, 0.3) is 10.9 Å². The van der Waals surface area contributed by atoms with Crippen molar-refractivity contribution >= 4 is 52.0 Å². The molecule has 202 valence electrons. The Balaban J connectivity index is 0.000000136. The topological polar surface area (TPSA) is 85.5 Å². The molecule has 1 aromatic heterocycles. The molecule has 0 bridgehead atoms. The van der Waals surface area contributed by atoms with E-state index in [-0.39, 0.29) is 17.7 Å². The molecule has 1 aliphatic carbocycles. The fourth-order valence-electron chi connectivity index (χ4n) is 4.70. The van der Waals surface area contributed by atoms with Gasteiger partial charge >= 0.3 is 11.9 Å². The molecule has 0 fully saturated rings. The van der Waals surface area contributed by atoms with Gasteiger partial charge < -0.3 is 14.5 Å². The number of hydrogen-bond acceptors (Lipinski definition) is 6. The summed E-state index contributed by atoms with van der Waals surface area (Å²) >= 11 is 7.50. The zero-order valence-electron chi connectivity index (χ0n) is 22.1. The number of carbonyl (C=O) groups is 3. The number of ether oxygens (including phenoxy) is 2. The van der Waals surface area contributed by atoms with Gasteiger partial charge in [-0.15, -0.1) is 11.8 Å². The number of methoxy groups -OCH3 is 1. The Bertz CT molecular complexity index is 1530. The number of hydrogen-bond donors (Lipinski definition) is 1. The van der Waals surface area contributed by atoms with Gasteiger partial charge in [-0.2, -0.15) is 0 Å². The Kier molecular flexibility index (Phi) is 9.49. The highest BCUT2D eigenvalue weighted by atomic mass is 35.5. The van der Waals surface area contributed by atoms with Gasteiger partial charge in [0.15, 0.2) is 5.78 Å². The number of aryl methyl sites for hydroxylation is 1. The number of nitrogens with one attached hydrogen (secondary N) is 1. The number of rotatable bonds is 2. The highest BCUT2D eigenvalue weighted by Gasteiger charge is 2.19. The van der Waals surface area contributed by atoms with E-state index >= 15 is 0 Å². The van der Waals surface area contributed by atoms with Crippen LogP contribution in [-0.2, 0) is 22.4 Å². The summed E-state index contributed by atoms with van der Waals surface area (Å²) in [4.78, 5) is 37.6. The first-order valence-electron chi connectivity index (χ1n) is 12.7. The second kappa shape index (κ2) is 13.0. The van der Waals surface area contributed by atoms with Crippen molar-refractivity contribution in [1.82, 2.24) is 4.98 Å². The molecule has 4 aromatic rings. The Morgan fingerprint density at radius 2 is 1.79 bits per heavy atom. The third kappa shape index (κ3) is 6.91. The second-order valence-corrected chi connectivity index (χ2v) is 10.8. The highest BCUT2D eigenvalue weighted by molar-refractivity contribution is 7.99. The first kappa shape index (κ1) is 28.5. The fraction of sp³-hybridized carbons (Fsp3) is 0.258. The summed E-state index contributed by atoms with van der Waals surface area (Å²) in [6, 6.07) is 16.9. The van der Waals surface area contributed by atoms with E-state index in [9.17, 15) is 14.4 Å². The number of aromatic nitrogens is 1. The van der Waals surface area contributed by atoms with Crippen molar-refractivity contribution in [2.75, 3.05) is 12.9 Å². The van der Waals surface area contributed by atoms with Gasteiger partial charge in [-0.3, -0.25) is 9.59 Å². The van der Waals surface area contributed by atoms with Crippen LogP contribution in [0.4, 0.5) is 0 Å². The van der Waals surface area contributed by atoms with Crippen LogP contribution in [0.3, 0.4) is 0 Å². The first-order valence-corrected chi connectivity index (χ1v) is 14.0. The lowest BCUT2D eigenvalue weighted by Crippen LogP contribution is -2.07. The lowest BCUT2D eigenvalue weighted by molar-refractivity contribution is -0.131. The van der Waals surface area contributed by atoms with Crippen molar-refractivity contribution in [1.29, 1.82) is 0 Å². The van der Waals surface area contributed by atoms with Crippen molar-refractivity contribution in [3.8, 4) is 5.75 Å². The number of aromatic amines is 1. The van der Waals surface area contributed by atoms with Crippen LogP contribution in [-0.4, -0.2) is 35.6 Å². The van der Waals surface area contributed by atoms with E-state index in [0.29, 0.717) is 17.0 Å². The molecule has 0 spiro atoms.